The molecule has 3 nitrogen and oxygen atoms in total. The van der Waals surface area contributed by atoms with Gasteiger partial charge >= 0.3 is 0 Å². The van der Waals surface area contributed by atoms with Crippen molar-refractivity contribution in [3.63, 3.8) is 0 Å². The summed E-state index contributed by atoms with van der Waals surface area (Å²) in [4.78, 5) is 5.35. The van der Waals surface area contributed by atoms with Crippen LogP contribution in [0.15, 0.2) is 82.7 Å². The van der Waals surface area contributed by atoms with Gasteiger partial charge in [-0.25, -0.2) is 4.68 Å². The van der Waals surface area contributed by atoms with Crippen LogP contribution in [0.5, 0.6) is 0 Å². The lowest BCUT2D eigenvalue weighted by Crippen LogP contribution is -2.12. The molecule has 0 N–H and O–H groups in total. The first-order valence-corrected chi connectivity index (χ1v) is 8.71. The minimum atomic E-state index is 0.557. The largest absolute Gasteiger partial charge is 0.253 e. The molecule has 3 rings (SSSR count). The maximum atomic E-state index is 6.04. The number of nitrogens with zero attached hydrogens (tertiary/aromatic N) is 3. The molecule has 0 aliphatic carbocycles. The predicted molar refractivity (Wildman–Crippen MR) is 103 cm³/mol. The summed E-state index contributed by atoms with van der Waals surface area (Å²) in [7, 11) is 0. The van der Waals surface area contributed by atoms with E-state index in [1.807, 2.05) is 47.1 Å². The van der Waals surface area contributed by atoms with Crippen molar-refractivity contribution in [3.05, 3.63) is 88.0 Å². The Bertz CT molecular complexity index is 923. The normalized spacial score (nSPS) is 12.0. The summed E-state index contributed by atoms with van der Waals surface area (Å²) >= 11 is 7.59. The fourth-order valence-electron chi connectivity index (χ4n) is 2.18. The van der Waals surface area contributed by atoms with Gasteiger partial charge < -0.3 is 0 Å². The van der Waals surface area contributed by atoms with Crippen LogP contribution >= 0.6 is 22.9 Å². The van der Waals surface area contributed by atoms with Gasteiger partial charge in [0.1, 0.15) is 0 Å². The highest BCUT2D eigenvalue weighted by atomic mass is 35.5. The van der Waals surface area contributed by atoms with Crippen LogP contribution in [-0.4, -0.2) is 17.4 Å². The molecule has 0 atom stereocenters. The zero-order chi connectivity index (χ0) is 16.8. The van der Waals surface area contributed by atoms with Crippen molar-refractivity contribution in [2.24, 2.45) is 10.1 Å². The first kappa shape index (κ1) is 16.4. The van der Waals surface area contributed by atoms with E-state index in [9.17, 15) is 0 Å². The van der Waals surface area contributed by atoms with Crippen molar-refractivity contribution >= 4 is 29.2 Å². The second-order valence-corrected chi connectivity index (χ2v) is 6.28. The number of aromatic nitrogens is 1. The third-order valence-corrected chi connectivity index (χ3v) is 4.37. The molecule has 0 saturated carbocycles. The number of benzene rings is 2. The van der Waals surface area contributed by atoms with E-state index in [0.717, 1.165) is 21.6 Å². The first-order chi connectivity index (χ1) is 11.8. The molecule has 24 heavy (non-hydrogen) atoms. The Morgan fingerprint density at radius 1 is 1.12 bits per heavy atom. The van der Waals surface area contributed by atoms with E-state index in [1.54, 1.807) is 23.6 Å². The van der Waals surface area contributed by atoms with Gasteiger partial charge in [0.05, 0.1) is 18.5 Å². The summed E-state index contributed by atoms with van der Waals surface area (Å²) in [5.74, 6) is 0. The maximum Gasteiger partial charge on any atom is 0.206 e. The molecule has 0 radical (unpaired) electrons. The van der Waals surface area contributed by atoms with Crippen LogP contribution in [0, 0.1) is 0 Å². The second kappa shape index (κ2) is 7.90. The quantitative estimate of drug-likeness (QED) is 0.464. The molecule has 120 valence electrons. The molecule has 0 saturated heterocycles. The van der Waals surface area contributed by atoms with Crippen LogP contribution in [0.25, 0.3) is 11.3 Å². The Kier molecular flexibility index (Phi) is 5.41. The minimum Gasteiger partial charge on any atom is -0.253 e. The molecule has 1 heterocycles. The Labute approximate surface area is 149 Å². The van der Waals surface area contributed by atoms with Crippen molar-refractivity contribution in [2.75, 3.05) is 6.54 Å². The van der Waals surface area contributed by atoms with E-state index >= 15 is 0 Å². The molecule has 3 aromatic rings. The lowest BCUT2D eigenvalue weighted by atomic mass is 10.2. The Balaban J connectivity index is 2.06. The summed E-state index contributed by atoms with van der Waals surface area (Å²) < 4.78 is 1.85. The molecule has 1 aromatic heterocycles. The van der Waals surface area contributed by atoms with Crippen LogP contribution in [0.4, 0.5) is 0 Å². The van der Waals surface area contributed by atoms with Crippen LogP contribution in [0.2, 0.25) is 5.02 Å². The highest BCUT2D eigenvalue weighted by molar-refractivity contribution is 7.07. The van der Waals surface area contributed by atoms with E-state index in [-0.39, 0.29) is 0 Å². The molecule has 0 aliphatic rings. The van der Waals surface area contributed by atoms with Crippen molar-refractivity contribution in [1.29, 1.82) is 0 Å². The van der Waals surface area contributed by atoms with Gasteiger partial charge in [-0.2, -0.15) is 5.10 Å². The molecule has 2 aromatic carbocycles. The topological polar surface area (TPSA) is 29.6 Å². The minimum absolute atomic E-state index is 0.557. The zero-order valence-corrected chi connectivity index (χ0v) is 14.5. The number of hydrogen-bond donors (Lipinski definition) is 0. The maximum absolute atomic E-state index is 6.04. The van der Waals surface area contributed by atoms with Crippen LogP contribution in [0.3, 0.4) is 0 Å². The van der Waals surface area contributed by atoms with Gasteiger partial charge in [0.15, 0.2) is 0 Å². The average Bonchev–Trinajstić information content (AvgIpc) is 3.02. The summed E-state index contributed by atoms with van der Waals surface area (Å²) in [6.07, 6.45) is 3.56. The van der Waals surface area contributed by atoms with E-state index in [0.29, 0.717) is 11.6 Å². The Hall–Kier alpha value is -2.43. The lowest BCUT2D eigenvalue weighted by molar-refractivity contribution is 0.840. The summed E-state index contributed by atoms with van der Waals surface area (Å²) in [5, 5.41) is 7.37. The zero-order valence-electron chi connectivity index (χ0n) is 13.0. The Morgan fingerprint density at radius 2 is 1.96 bits per heavy atom. The lowest BCUT2D eigenvalue weighted by Gasteiger charge is -2.03. The van der Waals surface area contributed by atoms with Crippen molar-refractivity contribution in [3.8, 4) is 11.3 Å². The molecular formula is C19H16ClN3S. The number of thiazole rings is 1. The van der Waals surface area contributed by atoms with E-state index < -0.39 is 0 Å². The van der Waals surface area contributed by atoms with Crippen molar-refractivity contribution < 1.29 is 0 Å². The van der Waals surface area contributed by atoms with Gasteiger partial charge in [-0.3, -0.25) is 4.99 Å². The van der Waals surface area contributed by atoms with E-state index in [1.165, 1.54) is 0 Å². The fraction of sp³-hybridized carbons (Fsp3) is 0.0526. The van der Waals surface area contributed by atoms with Crippen LogP contribution in [0.1, 0.15) is 5.56 Å². The van der Waals surface area contributed by atoms with Crippen LogP contribution < -0.4 is 4.80 Å². The SMILES string of the molecule is C=CCN=c1scc(-c2ccccc2)n1N=Cc1cccc(Cl)c1. The summed E-state index contributed by atoms with van der Waals surface area (Å²) in [6.45, 7) is 4.28. The Morgan fingerprint density at radius 3 is 2.71 bits per heavy atom. The fourth-order valence-corrected chi connectivity index (χ4v) is 3.23. The molecule has 0 spiro atoms. The van der Waals surface area contributed by atoms with E-state index in [4.69, 9.17) is 11.6 Å². The molecule has 0 amide bonds. The van der Waals surface area contributed by atoms with Gasteiger partial charge in [-0.1, -0.05) is 60.1 Å². The third-order valence-electron chi connectivity index (χ3n) is 3.28. The molecule has 0 unspecified atom stereocenters. The monoisotopic (exact) mass is 353 g/mol. The molecular weight excluding hydrogens is 338 g/mol. The number of halogens is 1. The standard InChI is InChI=1S/C19H16ClN3S/c1-2-11-21-19-23(22-13-15-7-6-10-17(20)12-15)18(14-24-19)16-8-4-3-5-9-16/h2-10,12-14H,1,11H2. The number of hydrogen-bond acceptors (Lipinski definition) is 3. The smallest absolute Gasteiger partial charge is 0.206 e. The average molecular weight is 354 g/mol. The van der Waals surface area contributed by atoms with Gasteiger partial charge in [-0.15, -0.1) is 17.9 Å². The predicted octanol–water partition coefficient (Wildman–Crippen LogP) is 4.84. The highest BCUT2D eigenvalue weighted by Crippen LogP contribution is 2.19. The molecule has 0 bridgehead atoms. The third kappa shape index (κ3) is 3.91. The van der Waals surface area contributed by atoms with Gasteiger partial charge in [0.2, 0.25) is 4.80 Å². The van der Waals surface area contributed by atoms with Gasteiger partial charge in [-0.05, 0) is 17.7 Å². The molecule has 0 fully saturated rings. The summed E-state index contributed by atoms with van der Waals surface area (Å²) in [6, 6.07) is 17.7. The summed E-state index contributed by atoms with van der Waals surface area (Å²) in [5.41, 5.74) is 3.04. The van der Waals surface area contributed by atoms with Gasteiger partial charge in [0.25, 0.3) is 0 Å². The van der Waals surface area contributed by atoms with Crippen molar-refractivity contribution in [2.45, 2.75) is 0 Å². The van der Waals surface area contributed by atoms with Crippen molar-refractivity contribution in [1.82, 2.24) is 4.68 Å². The molecule has 0 aliphatic heterocycles. The first-order valence-electron chi connectivity index (χ1n) is 7.45. The number of rotatable bonds is 5. The second-order valence-electron chi connectivity index (χ2n) is 5.01. The van der Waals surface area contributed by atoms with Crippen LogP contribution in [-0.2, 0) is 0 Å². The highest BCUT2D eigenvalue weighted by Gasteiger charge is 2.06. The van der Waals surface area contributed by atoms with Gasteiger partial charge in [0, 0.05) is 16.0 Å². The molecule has 5 heteroatoms. The van der Waals surface area contributed by atoms with E-state index in [2.05, 4.69) is 34.2 Å².